The molecule has 0 saturated carbocycles. The van der Waals surface area contributed by atoms with Crippen molar-refractivity contribution in [3.8, 4) is 0 Å². The van der Waals surface area contributed by atoms with E-state index in [9.17, 15) is 18.0 Å². The SMILES string of the molecule is O=C(NCC1CCCN1c1nccs1)c1ccc(C(F)(F)F)cc1. The van der Waals surface area contributed by atoms with E-state index >= 15 is 0 Å². The zero-order valence-electron chi connectivity index (χ0n) is 12.7. The lowest BCUT2D eigenvalue weighted by molar-refractivity contribution is -0.137. The van der Waals surface area contributed by atoms with Gasteiger partial charge in [-0.15, -0.1) is 11.3 Å². The predicted molar refractivity (Wildman–Crippen MR) is 86.3 cm³/mol. The van der Waals surface area contributed by atoms with Crippen LogP contribution in [0.4, 0.5) is 18.3 Å². The Morgan fingerprint density at radius 1 is 1.33 bits per heavy atom. The maximum Gasteiger partial charge on any atom is 0.416 e. The number of aromatic nitrogens is 1. The topological polar surface area (TPSA) is 45.2 Å². The van der Waals surface area contributed by atoms with E-state index < -0.39 is 11.7 Å². The van der Waals surface area contributed by atoms with E-state index in [1.807, 2.05) is 5.38 Å². The second-order valence-electron chi connectivity index (χ2n) is 5.59. The van der Waals surface area contributed by atoms with E-state index in [1.54, 1.807) is 17.5 Å². The van der Waals surface area contributed by atoms with Gasteiger partial charge in [-0.1, -0.05) is 0 Å². The standard InChI is InChI=1S/C16H16F3N3OS/c17-16(18,19)12-5-3-11(4-6-12)14(23)21-10-13-2-1-8-22(13)15-20-7-9-24-15/h3-7,9,13H,1-2,8,10H2,(H,21,23). The van der Waals surface area contributed by atoms with E-state index in [0.29, 0.717) is 6.54 Å². The number of halogens is 3. The van der Waals surface area contributed by atoms with E-state index in [4.69, 9.17) is 0 Å². The van der Waals surface area contributed by atoms with Gasteiger partial charge in [-0.25, -0.2) is 4.98 Å². The molecular formula is C16H16F3N3OS. The van der Waals surface area contributed by atoms with Crippen LogP contribution >= 0.6 is 11.3 Å². The van der Waals surface area contributed by atoms with E-state index in [1.165, 1.54) is 12.1 Å². The van der Waals surface area contributed by atoms with Gasteiger partial charge in [0.1, 0.15) is 0 Å². The van der Waals surface area contributed by atoms with E-state index in [-0.39, 0.29) is 17.5 Å². The predicted octanol–water partition coefficient (Wildman–Crippen LogP) is 3.56. The molecule has 128 valence electrons. The van der Waals surface area contributed by atoms with Gasteiger partial charge in [0.15, 0.2) is 5.13 Å². The zero-order chi connectivity index (χ0) is 17.2. The molecule has 1 aromatic carbocycles. The highest BCUT2D eigenvalue weighted by Gasteiger charge is 2.30. The normalized spacial score (nSPS) is 18.0. The highest BCUT2D eigenvalue weighted by atomic mass is 32.1. The number of amides is 1. The average Bonchev–Trinajstić information content (AvgIpc) is 3.22. The molecule has 1 fully saturated rings. The van der Waals surface area contributed by atoms with Crippen LogP contribution in [0.2, 0.25) is 0 Å². The molecular weight excluding hydrogens is 339 g/mol. The van der Waals surface area contributed by atoms with E-state index in [2.05, 4.69) is 15.2 Å². The highest BCUT2D eigenvalue weighted by Crippen LogP contribution is 2.29. The molecule has 24 heavy (non-hydrogen) atoms. The number of anilines is 1. The summed E-state index contributed by atoms with van der Waals surface area (Å²) in [5.41, 5.74) is -0.536. The molecule has 1 saturated heterocycles. The molecule has 0 spiro atoms. The Morgan fingerprint density at radius 2 is 2.08 bits per heavy atom. The minimum absolute atomic E-state index is 0.162. The van der Waals surface area contributed by atoms with Crippen molar-refractivity contribution >= 4 is 22.4 Å². The second kappa shape index (κ2) is 6.80. The minimum Gasteiger partial charge on any atom is -0.350 e. The van der Waals surface area contributed by atoms with Crippen molar-refractivity contribution in [2.75, 3.05) is 18.0 Å². The second-order valence-corrected chi connectivity index (χ2v) is 6.46. The Labute approximate surface area is 141 Å². The molecule has 0 radical (unpaired) electrons. The molecule has 2 aromatic rings. The van der Waals surface area contributed by atoms with Crippen LogP contribution in [0.15, 0.2) is 35.8 Å². The summed E-state index contributed by atoms with van der Waals surface area (Å²) >= 11 is 1.55. The fraction of sp³-hybridized carbons (Fsp3) is 0.375. The van der Waals surface area contributed by atoms with Gasteiger partial charge >= 0.3 is 6.18 Å². The first-order valence-corrected chi connectivity index (χ1v) is 8.45. The van der Waals surface area contributed by atoms with Gasteiger partial charge in [-0.3, -0.25) is 4.79 Å². The fourth-order valence-corrected chi connectivity index (χ4v) is 3.52. The molecule has 1 aliphatic rings. The number of thiazole rings is 1. The maximum absolute atomic E-state index is 12.5. The number of carbonyl (C=O) groups excluding carboxylic acids is 1. The summed E-state index contributed by atoms with van der Waals surface area (Å²) in [4.78, 5) is 18.6. The largest absolute Gasteiger partial charge is 0.416 e. The van der Waals surface area contributed by atoms with Crippen molar-refractivity contribution in [1.82, 2.24) is 10.3 Å². The van der Waals surface area contributed by atoms with Gasteiger partial charge in [-0.2, -0.15) is 13.2 Å². The van der Waals surface area contributed by atoms with Crippen molar-refractivity contribution in [1.29, 1.82) is 0 Å². The summed E-state index contributed by atoms with van der Waals surface area (Å²) in [6.45, 7) is 1.34. The molecule has 1 aliphatic heterocycles. The van der Waals surface area contributed by atoms with Crippen molar-refractivity contribution < 1.29 is 18.0 Å². The number of benzene rings is 1. The van der Waals surface area contributed by atoms with Gasteiger partial charge in [0, 0.05) is 36.3 Å². The lowest BCUT2D eigenvalue weighted by Gasteiger charge is -2.24. The van der Waals surface area contributed by atoms with Crippen LogP contribution in [0, 0.1) is 0 Å². The molecule has 1 unspecified atom stereocenters. The molecule has 0 aliphatic carbocycles. The summed E-state index contributed by atoms with van der Waals surface area (Å²) < 4.78 is 37.6. The monoisotopic (exact) mass is 355 g/mol. The molecule has 1 amide bonds. The molecule has 1 atom stereocenters. The maximum atomic E-state index is 12.5. The number of rotatable bonds is 4. The lowest BCUT2D eigenvalue weighted by atomic mass is 10.1. The summed E-state index contributed by atoms with van der Waals surface area (Å²) in [7, 11) is 0. The van der Waals surface area contributed by atoms with Crippen molar-refractivity contribution in [3.63, 3.8) is 0 Å². The summed E-state index contributed by atoms with van der Waals surface area (Å²) in [6, 6.07) is 4.41. The number of nitrogens with one attached hydrogen (secondary N) is 1. The number of carbonyl (C=O) groups is 1. The van der Waals surface area contributed by atoms with Gasteiger partial charge < -0.3 is 10.2 Å². The Bertz CT molecular complexity index is 686. The Morgan fingerprint density at radius 3 is 2.71 bits per heavy atom. The fourth-order valence-electron chi connectivity index (χ4n) is 2.78. The smallest absolute Gasteiger partial charge is 0.350 e. The quantitative estimate of drug-likeness (QED) is 0.912. The summed E-state index contributed by atoms with van der Waals surface area (Å²) in [6.07, 6.45) is -0.670. The first-order valence-electron chi connectivity index (χ1n) is 7.57. The van der Waals surface area contributed by atoms with Gasteiger partial charge in [0.2, 0.25) is 0 Å². The van der Waals surface area contributed by atoms with Crippen LogP contribution in [0.25, 0.3) is 0 Å². The Hall–Kier alpha value is -2.09. The third kappa shape index (κ3) is 3.69. The van der Waals surface area contributed by atoms with Crippen molar-refractivity contribution in [2.45, 2.75) is 25.1 Å². The van der Waals surface area contributed by atoms with Crippen LogP contribution < -0.4 is 10.2 Å². The third-order valence-corrected chi connectivity index (χ3v) is 4.82. The number of alkyl halides is 3. The number of nitrogens with zero attached hydrogens (tertiary/aromatic N) is 2. The molecule has 8 heteroatoms. The summed E-state index contributed by atoms with van der Waals surface area (Å²) in [5, 5.41) is 5.65. The van der Waals surface area contributed by atoms with Crippen LogP contribution in [0.1, 0.15) is 28.8 Å². The van der Waals surface area contributed by atoms with Crippen LogP contribution in [0.5, 0.6) is 0 Å². The highest BCUT2D eigenvalue weighted by molar-refractivity contribution is 7.13. The van der Waals surface area contributed by atoms with Crippen LogP contribution in [-0.4, -0.2) is 30.0 Å². The first-order chi connectivity index (χ1) is 11.4. The minimum atomic E-state index is -4.40. The summed E-state index contributed by atoms with van der Waals surface area (Å²) in [5.74, 6) is -0.366. The number of hydrogen-bond donors (Lipinski definition) is 1. The Balaban J connectivity index is 1.59. The van der Waals surface area contributed by atoms with Crippen LogP contribution in [0.3, 0.4) is 0 Å². The molecule has 2 heterocycles. The molecule has 3 rings (SSSR count). The number of hydrogen-bond acceptors (Lipinski definition) is 4. The first kappa shape index (κ1) is 16.8. The Kier molecular flexibility index (Phi) is 4.75. The van der Waals surface area contributed by atoms with Crippen LogP contribution in [-0.2, 0) is 6.18 Å². The van der Waals surface area contributed by atoms with Crippen molar-refractivity contribution in [3.05, 3.63) is 47.0 Å². The molecule has 1 aromatic heterocycles. The van der Waals surface area contributed by atoms with Gasteiger partial charge in [0.25, 0.3) is 5.91 Å². The molecule has 1 N–H and O–H groups in total. The zero-order valence-corrected chi connectivity index (χ0v) is 13.5. The van der Waals surface area contributed by atoms with Gasteiger partial charge in [-0.05, 0) is 37.1 Å². The molecule has 4 nitrogen and oxygen atoms in total. The molecule has 0 bridgehead atoms. The lowest BCUT2D eigenvalue weighted by Crippen LogP contribution is -2.40. The van der Waals surface area contributed by atoms with Gasteiger partial charge in [0.05, 0.1) is 5.56 Å². The average molecular weight is 355 g/mol. The third-order valence-electron chi connectivity index (χ3n) is 4.01. The van der Waals surface area contributed by atoms with E-state index in [0.717, 1.165) is 36.7 Å². The van der Waals surface area contributed by atoms with Crippen molar-refractivity contribution in [2.24, 2.45) is 0 Å².